The normalized spacial score (nSPS) is 16.3. The Hall–Kier alpha value is -2.45. The number of amides is 3. The Morgan fingerprint density at radius 3 is 2.61 bits per heavy atom. The van der Waals surface area contributed by atoms with Crippen LogP contribution in [0.5, 0.6) is 0 Å². The van der Waals surface area contributed by atoms with Crippen LogP contribution in [0.1, 0.15) is 35.1 Å². The number of urea groups is 1. The molecule has 1 fully saturated rings. The molecule has 0 bridgehead atoms. The van der Waals surface area contributed by atoms with Crippen molar-refractivity contribution in [2.75, 3.05) is 32.8 Å². The highest BCUT2D eigenvalue weighted by Gasteiger charge is 2.27. The predicted molar refractivity (Wildman–Crippen MR) is 108 cm³/mol. The minimum Gasteiger partial charge on any atom is -0.378 e. The summed E-state index contributed by atoms with van der Waals surface area (Å²) < 4.78 is 5.34. The van der Waals surface area contributed by atoms with Gasteiger partial charge < -0.3 is 20.3 Å². The van der Waals surface area contributed by atoms with E-state index in [-0.39, 0.29) is 24.5 Å². The third kappa shape index (κ3) is 5.30. The van der Waals surface area contributed by atoms with Gasteiger partial charge in [-0.05, 0) is 19.4 Å². The van der Waals surface area contributed by atoms with E-state index in [0.717, 1.165) is 16.3 Å². The molecule has 2 atom stereocenters. The molecule has 0 radical (unpaired) electrons. The first-order valence-corrected chi connectivity index (χ1v) is 10.3. The largest absolute Gasteiger partial charge is 0.378 e. The first-order chi connectivity index (χ1) is 13.5. The van der Waals surface area contributed by atoms with Gasteiger partial charge in [-0.1, -0.05) is 30.3 Å². The van der Waals surface area contributed by atoms with Gasteiger partial charge in [0.25, 0.3) is 0 Å². The Labute approximate surface area is 169 Å². The fourth-order valence-electron chi connectivity index (χ4n) is 3.11. The van der Waals surface area contributed by atoms with Crippen molar-refractivity contribution >= 4 is 23.3 Å². The molecule has 2 heterocycles. The minimum absolute atomic E-state index is 0.0124. The number of nitrogens with zero attached hydrogens (tertiary/aromatic N) is 2. The van der Waals surface area contributed by atoms with Crippen LogP contribution in [-0.4, -0.2) is 54.7 Å². The zero-order valence-electron chi connectivity index (χ0n) is 16.2. The van der Waals surface area contributed by atoms with E-state index >= 15 is 0 Å². The zero-order chi connectivity index (χ0) is 19.9. The number of morpholine rings is 1. The highest BCUT2D eigenvalue weighted by atomic mass is 32.1. The van der Waals surface area contributed by atoms with Gasteiger partial charge in [-0.25, -0.2) is 9.78 Å². The van der Waals surface area contributed by atoms with Crippen molar-refractivity contribution in [1.29, 1.82) is 0 Å². The van der Waals surface area contributed by atoms with E-state index < -0.39 is 5.92 Å². The standard InChI is InChI=1S/C20H26N4O3S/c1-14-13-28-18(22-14)15(2)23-20(26)21-12-17(16-6-4-3-5-7-16)19(25)24-8-10-27-11-9-24/h3-7,13,15,17H,8-12H2,1-2H3,(H2,21,23,26). The number of ether oxygens (including phenoxy) is 1. The number of carbonyl (C=O) groups excluding carboxylic acids is 2. The van der Waals surface area contributed by atoms with Crippen LogP contribution in [0.2, 0.25) is 0 Å². The van der Waals surface area contributed by atoms with Crippen LogP contribution >= 0.6 is 11.3 Å². The van der Waals surface area contributed by atoms with Crippen LogP contribution in [0.25, 0.3) is 0 Å². The lowest BCUT2D eigenvalue weighted by Crippen LogP contribution is -2.46. The van der Waals surface area contributed by atoms with Crippen molar-refractivity contribution in [3.8, 4) is 0 Å². The minimum atomic E-state index is -0.428. The molecule has 1 aromatic carbocycles. The fraction of sp³-hybridized carbons (Fsp3) is 0.450. The summed E-state index contributed by atoms with van der Waals surface area (Å²) in [6.07, 6.45) is 0. The second-order valence-corrected chi connectivity index (χ2v) is 7.69. The molecule has 0 aliphatic carbocycles. The molecule has 150 valence electrons. The van der Waals surface area contributed by atoms with Crippen LogP contribution < -0.4 is 10.6 Å². The second-order valence-electron chi connectivity index (χ2n) is 6.80. The Balaban J connectivity index is 1.62. The summed E-state index contributed by atoms with van der Waals surface area (Å²) in [4.78, 5) is 31.6. The molecule has 8 heteroatoms. The quantitative estimate of drug-likeness (QED) is 0.777. The van der Waals surface area contributed by atoms with Crippen molar-refractivity contribution < 1.29 is 14.3 Å². The fourth-order valence-corrected chi connectivity index (χ4v) is 3.92. The number of aryl methyl sites for hydroxylation is 1. The van der Waals surface area contributed by atoms with Crippen LogP contribution in [0.4, 0.5) is 4.79 Å². The smallest absolute Gasteiger partial charge is 0.315 e. The summed E-state index contributed by atoms with van der Waals surface area (Å²) in [5, 5.41) is 8.56. The molecule has 1 aliphatic rings. The average Bonchev–Trinajstić information content (AvgIpc) is 3.16. The van der Waals surface area contributed by atoms with Crippen LogP contribution in [0.3, 0.4) is 0 Å². The molecular weight excluding hydrogens is 376 g/mol. The van der Waals surface area contributed by atoms with Crippen LogP contribution in [0.15, 0.2) is 35.7 Å². The summed E-state index contributed by atoms with van der Waals surface area (Å²) in [5.74, 6) is -0.416. The topological polar surface area (TPSA) is 83.6 Å². The molecule has 3 amide bonds. The predicted octanol–water partition coefficient (Wildman–Crippen LogP) is 2.45. The Kier molecular flexibility index (Phi) is 7.00. The Bertz CT molecular complexity index is 790. The number of aromatic nitrogens is 1. The summed E-state index contributed by atoms with van der Waals surface area (Å²) in [7, 11) is 0. The number of carbonyl (C=O) groups is 2. The van der Waals surface area contributed by atoms with Crippen molar-refractivity contribution in [2.24, 2.45) is 0 Å². The molecule has 2 aromatic rings. The van der Waals surface area contributed by atoms with E-state index in [0.29, 0.717) is 26.3 Å². The van der Waals surface area contributed by atoms with Gasteiger partial charge in [0.1, 0.15) is 5.01 Å². The van der Waals surface area contributed by atoms with E-state index in [1.807, 2.05) is 54.5 Å². The molecule has 0 saturated carbocycles. The summed E-state index contributed by atoms with van der Waals surface area (Å²) in [5.41, 5.74) is 1.83. The monoisotopic (exact) mass is 402 g/mol. The third-order valence-electron chi connectivity index (χ3n) is 4.64. The van der Waals surface area contributed by atoms with Crippen molar-refractivity contribution in [3.63, 3.8) is 0 Å². The number of nitrogens with one attached hydrogen (secondary N) is 2. The lowest BCUT2D eigenvalue weighted by molar-refractivity contribution is -0.136. The summed E-state index contributed by atoms with van der Waals surface area (Å²) >= 11 is 1.52. The van der Waals surface area contributed by atoms with Gasteiger partial charge in [0.2, 0.25) is 5.91 Å². The first kappa shape index (κ1) is 20.3. The lowest BCUT2D eigenvalue weighted by atomic mass is 9.97. The maximum Gasteiger partial charge on any atom is 0.315 e. The Morgan fingerprint density at radius 2 is 1.96 bits per heavy atom. The van der Waals surface area contributed by atoms with Gasteiger partial charge in [-0.15, -0.1) is 11.3 Å². The van der Waals surface area contributed by atoms with E-state index in [4.69, 9.17) is 4.74 Å². The SMILES string of the molecule is Cc1csc(C(C)NC(=O)NCC(C(=O)N2CCOCC2)c2ccccc2)n1. The van der Waals surface area contributed by atoms with Crippen LogP contribution in [0, 0.1) is 6.92 Å². The number of benzene rings is 1. The van der Waals surface area contributed by atoms with E-state index in [1.54, 1.807) is 0 Å². The molecule has 1 aliphatic heterocycles. The van der Waals surface area contributed by atoms with Gasteiger partial charge in [0.15, 0.2) is 0 Å². The molecule has 2 N–H and O–H groups in total. The van der Waals surface area contributed by atoms with Gasteiger partial charge in [0, 0.05) is 30.7 Å². The van der Waals surface area contributed by atoms with Gasteiger partial charge in [-0.2, -0.15) is 0 Å². The highest BCUT2D eigenvalue weighted by Crippen LogP contribution is 2.20. The van der Waals surface area contributed by atoms with Crippen molar-refractivity contribution in [1.82, 2.24) is 20.5 Å². The molecule has 7 nitrogen and oxygen atoms in total. The molecular formula is C20H26N4O3S. The van der Waals surface area contributed by atoms with E-state index in [1.165, 1.54) is 11.3 Å². The number of thiazole rings is 1. The third-order valence-corrected chi connectivity index (χ3v) is 5.79. The number of hydrogen-bond donors (Lipinski definition) is 2. The van der Waals surface area contributed by atoms with Gasteiger partial charge in [0.05, 0.1) is 25.2 Å². The highest BCUT2D eigenvalue weighted by molar-refractivity contribution is 7.09. The zero-order valence-corrected chi connectivity index (χ0v) is 17.0. The molecule has 1 saturated heterocycles. The molecule has 28 heavy (non-hydrogen) atoms. The van der Waals surface area contributed by atoms with Crippen LogP contribution in [-0.2, 0) is 9.53 Å². The maximum absolute atomic E-state index is 13.0. The van der Waals surface area contributed by atoms with Gasteiger partial charge >= 0.3 is 6.03 Å². The number of hydrogen-bond acceptors (Lipinski definition) is 5. The first-order valence-electron chi connectivity index (χ1n) is 9.42. The maximum atomic E-state index is 13.0. The lowest BCUT2D eigenvalue weighted by Gasteiger charge is -2.30. The molecule has 0 spiro atoms. The van der Waals surface area contributed by atoms with Crippen molar-refractivity contribution in [3.05, 3.63) is 52.0 Å². The van der Waals surface area contributed by atoms with E-state index in [9.17, 15) is 9.59 Å². The average molecular weight is 403 g/mol. The second kappa shape index (κ2) is 9.66. The van der Waals surface area contributed by atoms with E-state index in [2.05, 4.69) is 15.6 Å². The van der Waals surface area contributed by atoms with Crippen molar-refractivity contribution in [2.45, 2.75) is 25.8 Å². The number of rotatable bonds is 6. The molecule has 3 rings (SSSR count). The molecule has 2 unspecified atom stereocenters. The summed E-state index contributed by atoms with van der Waals surface area (Å²) in [6, 6.07) is 9.06. The molecule has 1 aromatic heterocycles. The Morgan fingerprint density at radius 1 is 1.25 bits per heavy atom. The van der Waals surface area contributed by atoms with Gasteiger partial charge in [-0.3, -0.25) is 4.79 Å². The summed E-state index contributed by atoms with van der Waals surface area (Å²) in [6.45, 7) is 6.30.